The van der Waals surface area contributed by atoms with E-state index < -0.39 is 12.1 Å². The summed E-state index contributed by atoms with van der Waals surface area (Å²) in [6.45, 7) is 5.86. The molecular formula is C22H22O5. The highest BCUT2D eigenvalue weighted by molar-refractivity contribution is 6.14. The van der Waals surface area contributed by atoms with E-state index in [9.17, 15) is 9.59 Å². The van der Waals surface area contributed by atoms with Crippen LogP contribution in [0, 0.1) is 0 Å². The Labute approximate surface area is 158 Å². The van der Waals surface area contributed by atoms with Crippen molar-refractivity contribution in [2.45, 2.75) is 32.8 Å². The Morgan fingerprint density at radius 1 is 1.07 bits per heavy atom. The number of carbonyl (C=O) groups is 2. The summed E-state index contributed by atoms with van der Waals surface area (Å²) >= 11 is 0. The Hall–Kier alpha value is -3.08. The van der Waals surface area contributed by atoms with E-state index >= 15 is 0 Å². The lowest BCUT2D eigenvalue weighted by Gasteiger charge is -2.12. The molecule has 1 aliphatic rings. The summed E-state index contributed by atoms with van der Waals surface area (Å²) < 4.78 is 15.9. The van der Waals surface area contributed by atoms with Gasteiger partial charge in [-0.15, -0.1) is 0 Å². The third-order valence-corrected chi connectivity index (χ3v) is 4.39. The van der Waals surface area contributed by atoms with E-state index in [-0.39, 0.29) is 11.5 Å². The molecule has 1 heterocycles. The number of fused-ring (bicyclic) bond motifs is 1. The molecule has 2 aromatic carbocycles. The second kappa shape index (κ2) is 7.66. The normalized spacial score (nSPS) is 15.4. The Morgan fingerprint density at radius 2 is 1.78 bits per heavy atom. The number of benzene rings is 2. The van der Waals surface area contributed by atoms with Gasteiger partial charge in [0.15, 0.2) is 11.9 Å². The van der Waals surface area contributed by atoms with Gasteiger partial charge < -0.3 is 14.2 Å². The van der Waals surface area contributed by atoms with Crippen molar-refractivity contribution in [1.29, 1.82) is 0 Å². The van der Waals surface area contributed by atoms with Crippen LogP contribution >= 0.6 is 0 Å². The van der Waals surface area contributed by atoms with Crippen molar-refractivity contribution in [3.63, 3.8) is 0 Å². The lowest BCUT2D eigenvalue weighted by molar-refractivity contribution is -0.147. The van der Waals surface area contributed by atoms with Crippen LogP contribution in [0.2, 0.25) is 0 Å². The van der Waals surface area contributed by atoms with Gasteiger partial charge in [-0.05, 0) is 42.2 Å². The molecule has 27 heavy (non-hydrogen) atoms. The summed E-state index contributed by atoms with van der Waals surface area (Å²) in [4.78, 5) is 24.0. The summed E-state index contributed by atoms with van der Waals surface area (Å²) in [5.74, 6) is 0.914. The van der Waals surface area contributed by atoms with E-state index in [1.807, 2.05) is 24.3 Å². The average Bonchev–Trinajstić information content (AvgIpc) is 2.96. The standard InChI is InChI=1S/C22H22O5/c1-13(2)16-7-5-15(6-8-16)11-20-21(23)18-10-9-17(12-19(18)27-20)26-14(3)22(24)25-4/h5-14H,1-4H3/b20-11-/t14-/m1/s1. The summed E-state index contributed by atoms with van der Waals surface area (Å²) in [5.41, 5.74) is 2.60. The number of ether oxygens (including phenoxy) is 3. The molecule has 0 spiro atoms. The molecule has 140 valence electrons. The van der Waals surface area contributed by atoms with Crippen LogP contribution in [0.3, 0.4) is 0 Å². The number of ketones is 1. The average molecular weight is 366 g/mol. The number of esters is 1. The minimum Gasteiger partial charge on any atom is -0.479 e. The van der Waals surface area contributed by atoms with Gasteiger partial charge in [-0.1, -0.05) is 38.1 Å². The van der Waals surface area contributed by atoms with Crippen LogP contribution in [-0.2, 0) is 9.53 Å². The molecule has 5 nitrogen and oxygen atoms in total. The molecule has 0 aromatic heterocycles. The summed E-state index contributed by atoms with van der Waals surface area (Å²) in [5, 5.41) is 0. The Balaban J connectivity index is 1.79. The maximum atomic E-state index is 12.6. The number of hydrogen-bond acceptors (Lipinski definition) is 5. The van der Waals surface area contributed by atoms with Gasteiger partial charge in [-0.25, -0.2) is 4.79 Å². The maximum absolute atomic E-state index is 12.6. The van der Waals surface area contributed by atoms with Crippen LogP contribution in [-0.4, -0.2) is 25.0 Å². The van der Waals surface area contributed by atoms with E-state index in [1.54, 1.807) is 31.2 Å². The molecule has 3 rings (SSSR count). The Bertz CT molecular complexity index is 893. The highest BCUT2D eigenvalue weighted by atomic mass is 16.6. The van der Waals surface area contributed by atoms with Gasteiger partial charge in [-0.2, -0.15) is 0 Å². The molecule has 0 bridgehead atoms. The van der Waals surface area contributed by atoms with E-state index in [1.165, 1.54) is 12.7 Å². The van der Waals surface area contributed by atoms with Crippen LogP contribution in [0.5, 0.6) is 11.5 Å². The lowest BCUT2D eigenvalue weighted by atomic mass is 10.0. The zero-order chi connectivity index (χ0) is 19.6. The zero-order valence-electron chi connectivity index (χ0n) is 15.8. The molecule has 0 unspecified atom stereocenters. The molecule has 0 radical (unpaired) electrons. The van der Waals surface area contributed by atoms with Crippen LogP contribution in [0.15, 0.2) is 48.2 Å². The first-order valence-corrected chi connectivity index (χ1v) is 8.81. The minimum atomic E-state index is -0.750. The molecule has 2 aromatic rings. The Morgan fingerprint density at radius 3 is 2.41 bits per heavy atom. The predicted molar refractivity (Wildman–Crippen MR) is 102 cm³/mol. The van der Waals surface area contributed by atoms with Crippen molar-refractivity contribution in [2.75, 3.05) is 7.11 Å². The second-order valence-corrected chi connectivity index (χ2v) is 6.70. The fraction of sp³-hybridized carbons (Fsp3) is 0.273. The van der Waals surface area contributed by atoms with Gasteiger partial charge >= 0.3 is 5.97 Å². The maximum Gasteiger partial charge on any atom is 0.346 e. The number of carbonyl (C=O) groups excluding carboxylic acids is 2. The van der Waals surface area contributed by atoms with E-state index in [4.69, 9.17) is 9.47 Å². The van der Waals surface area contributed by atoms with Gasteiger partial charge in [0.05, 0.1) is 12.7 Å². The van der Waals surface area contributed by atoms with Gasteiger partial charge in [0.2, 0.25) is 5.78 Å². The van der Waals surface area contributed by atoms with Gasteiger partial charge in [0, 0.05) is 6.07 Å². The highest BCUT2D eigenvalue weighted by Gasteiger charge is 2.28. The van der Waals surface area contributed by atoms with Crippen molar-refractivity contribution in [1.82, 2.24) is 0 Å². The van der Waals surface area contributed by atoms with Crippen LogP contribution in [0.25, 0.3) is 6.08 Å². The van der Waals surface area contributed by atoms with Gasteiger partial charge in [0.1, 0.15) is 11.5 Å². The fourth-order valence-electron chi connectivity index (χ4n) is 2.79. The topological polar surface area (TPSA) is 61.8 Å². The van der Waals surface area contributed by atoms with Crippen LogP contribution in [0.4, 0.5) is 0 Å². The summed E-state index contributed by atoms with van der Waals surface area (Å²) in [6.07, 6.45) is 0.976. The van der Waals surface area contributed by atoms with Crippen molar-refractivity contribution < 1.29 is 23.8 Å². The number of allylic oxidation sites excluding steroid dienone is 1. The van der Waals surface area contributed by atoms with Crippen LogP contribution in [0.1, 0.15) is 48.2 Å². The molecule has 1 aliphatic heterocycles. The first-order chi connectivity index (χ1) is 12.9. The van der Waals surface area contributed by atoms with E-state index in [0.717, 1.165) is 5.56 Å². The van der Waals surface area contributed by atoms with Crippen molar-refractivity contribution in [3.8, 4) is 11.5 Å². The molecule has 0 saturated carbocycles. The first kappa shape index (κ1) is 18.7. The molecule has 0 saturated heterocycles. The number of methoxy groups -OCH3 is 1. The van der Waals surface area contributed by atoms with Gasteiger partial charge in [0.25, 0.3) is 0 Å². The quantitative estimate of drug-likeness (QED) is 0.581. The van der Waals surface area contributed by atoms with Crippen molar-refractivity contribution >= 4 is 17.8 Å². The second-order valence-electron chi connectivity index (χ2n) is 6.70. The molecule has 0 amide bonds. The summed E-state index contributed by atoms with van der Waals surface area (Å²) in [6, 6.07) is 12.9. The van der Waals surface area contributed by atoms with E-state index in [0.29, 0.717) is 23.0 Å². The SMILES string of the molecule is COC(=O)[C@@H](C)Oc1ccc2c(c1)O/C(=C\c1ccc(C(C)C)cc1)C2=O. The monoisotopic (exact) mass is 366 g/mol. The van der Waals surface area contributed by atoms with E-state index in [2.05, 4.69) is 18.6 Å². The number of hydrogen-bond donors (Lipinski definition) is 0. The van der Waals surface area contributed by atoms with Crippen molar-refractivity contribution in [2.24, 2.45) is 0 Å². The molecule has 0 fully saturated rings. The lowest BCUT2D eigenvalue weighted by Crippen LogP contribution is -2.24. The van der Waals surface area contributed by atoms with Crippen molar-refractivity contribution in [3.05, 3.63) is 64.9 Å². The summed E-state index contributed by atoms with van der Waals surface area (Å²) in [7, 11) is 1.30. The van der Waals surface area contributed by atoms with Gasteiger partial charge in [-0.3, -0.25) is 4.79 Å². The third-order valence-electron chi connectivity index (χ3n) is 4.39. The number of Topliss-reactive ketones (excluding diaryl/α,β-unsaturated/α-hetero) is 1. The fourth-order valence-corrected chi connectivity index (χ4v) is 2.79. The largest absolute Gasteiger partial charge is 0.479 e. The molecule has 0 N–H and O–H groups in total. The molecular weight excluding hydrogens is 344 g/mol. The smallest absolute Gasteiger partial charge is 0.346 e. The zero-order valence-corrected chi connectivity index (χ0v) is 15.8. The minimum absolute atomic E-state index is 0.175. The Kier molecular flexibility index (Phi) is 5.31. The molecule has 1 atom stereocenters. The first-order valence-electron chi connectivity index (χ1n) is 8.81. The third kappa shape index (κ3) is 4.03. The highest BCUT2D eigenvalue weighted by Crippen LogP contribution is 2.35. The number of rotatable bonds is 5. The molecule has 0 aliphatic carbocycles. The molecule has 5 heteroatoms. The van der Waals surface area contributed by atoms with Crippen LogP contribution < -0.4 is 9.47 Å². The predicted octanol–water partition coefficient (Wildman–Crippen LogP) is 4.37.